The molecule has 0 saturated carbocycles. The van der Waals surface area contributed by atoms with Gasteiger partial charge in [0.15, 0.2) is 0 Å². The Morgan fingerprint density at radius 3 is 2.26 bits per heavy atom. The van der Waals surface area contributed by atoms with Crippen LogP contribution in [0.4, 0.5) is 23.7 Å². The first kappa shape index (κ1) is 24.6. The Balaban J connectivity index is 1.72. The molecular weight excluding hydrogens is 463 g/mol. The van der Waals surface area contributed by atoms with Gasteiger partial charge in [0, 0.05) is 23.9 Å². The molecule has 1 atom stereocenters. The van der Waals surface area contributed by atoms with Crippen LogP contribution in [0.1, 0.15) is 62.8 Å². The number of benzene rings is 2. The lowest BCUT2D eigenvalue weighted by molar-refractivity contribution is -0.274. The average molecular weight is 492 g/mol. The number of hydrogen-bond acceptors (Lipinski definition) is 4. The highest BCUT2D eigenvalue weighted by atomic mass is 32.2. The summed E-state index contributed by atoms with van der Waals surface area (Å²) in [4.78, 5) is 27.3. The van der Waals surface area contributed by atoms with E-state index in [1.807, 2.05) is 13.0 Å². The lowest BCUT2D eigenvalue weighted by atomic mass is 9.63. The van der Waals surface area contributed by atoms with Crippen LogP contribution in [-0.4, -0.2) is 22.8 Å². The van der Waals surface area contributed by atoms with Crippen molar-refractivity contribution in [2.75, 3.05) is 4.90 Å². The molecule has 2 aromatic carbocycles. The van der Waals surface area contributed by atoms with Crippen molar-refractivity contribution in [1.29, 1.82) is 0 Å². The Bertz CT molecular complexity index is 1160. The van der Waals surface area contributed by atoms with Gasteiger partial charge >= 0.3 is 6.36 Å². The van der Waals surface area contributed by atoms with Crippen molar-refractivity contribution in [3.63, 3.8) is 0 Å². The molecule has 1 aliphatic heterocycles. The molecule has 0 N–H and O–H groups in total. The number of rotatable bonds is 4. The van der Waals surface area contributed by atoms with Gasteiger partial charge in [-0.3, -0.25) is 14.5 Å². The molecule has 1 saturated heterocycles. The number of anilines is 1. The molecule has 182 valence electrons. The molecule has 0 spiro atoms. The van der Waals surface area contributed by atoms with E-state index in [1.165, 1.54) is 34.2 Å². The number of thioether (sulfide) groups is 1. The summed E-state index contributed by atoms with van der Waals surface area (Å²) in [5, 5.41) is -0.683. The van der Waals surface area contributed by atoms with Gasteiger partial charge < -0.3 is 4.74 Å². The van der Waals surface area contributed by atoms with Crippen molar-refractivity contribution in [2.24, 2.45) is 0 Å². The fourth-order valence-electron chi connectivity index (χ4n) is 4.94. The fraction of sp³-hybridized carbons (Fsp3) is 0.462. The minimum absolute atomic E-state index is 0.00601. The van der Waals surface area contributed by atoms with Crippen LogP contribution in [0.2, 0.25) is 0 Å². The zero-order valence-electron chi connectivity index (χ0n) is 19.9. The molecule has 4 rings (SSSR count). The Morgan fingerprint density at radius 2 is 1.65 bits per heavy atom. The van der Waals surface area contributed by atoms with E-state index in [4.69, 9.17) is 0 Å². The Morgan fingerprint density at radius 1 is 1.03 bits per heavy atom. The lowest BCUT2D eigenvalue weighted by Crippen LogP contribution is -2.39. The van der Waals surface area contributed by atoms with Crippen LogP contribution in [-0.2, 0) is 22.0 Å². The average Bonchev–Trinajstić information content (AvgIpc) is 2.97. The summed E-state index contributed by atoms with van der Waals surface area (Å²) >= 11 is 0.648. The van der Waals surface area contributed by atoms with Gasteiger partial charge in [-0.1, -0.05) is 45.9 Å². The van der Waals surface area contributed by atoms with E-state index in [-0.39, 0.29) is 33.4 Å². The van der Waals surface area contributed by atoms with Gasteiger partial charge in [0.2, 0.25) is 5.12 Å². The van der Waals surface area contributed by atoms with Crippen molar-refractivity contribution in [3.05, 3.63) is 58.7 Å². The van der Waals surface area contributed by atoms with Crippen LogP contribution < -0.4 is 9.64 Å². The van der Waals surface area contributed by atoms with E-state index >= 15 is 0 Å². The smallest absolute Gasteiger partial charge is 0.406 e. The SMILES string of the molecule is Cc1cc2c(cc1N1C(=O)SC(=O)C1Cc1cccc(OC(F)(F)F)c1)C(C)(C)CCC2(C)C. The van der Waals surface area contributed by atoms with E-state index in [9.17, 15) is 22.8 Å². The molecule has 1 heterocycles. The first-order chi connectivity index (χ1) is 15.7. The molecule has 0 radical (unpaired) electrons. The number of ether oxygens (including phenoxy) is 1. The highest BCUT2D eigenvalue weighted by Crippen LogP contribution is 2.48. The molecule has 0 aromatic heterocycles. The monoisotopic (exact) mass is 491 g/mol. The summed E-state index contributed by atoms with van der Waals surface area (Å²) in [5.74, 6) is -0.352. The summed E-state index contributed by atoms with van der Waals surface area (Å²) in [5.41, 5.74) is 4.41. The van der Waals surface area contributed by atoms with Gasteiger partial charge in [-0.05, 0) is 71.0 Å². The zero-order chi connectivity index (χ0) is 25.1. The third-order valence-corrected chi connectivity index (χ3v) is 7.80. The number of nitrogens with zero attached hydrogens (tertiary/aromatic N) is 1. The van der Waals surface area contributed by atoms with Crippen LogP contribution in [0.3, 0.4) is 0 Å². The molecule has 1 unspecified atom stereocenters. The molecular formula is C26H28F3NO3S. The van der Waals surface area contributed by atoms with Crippen LogP contribution in [0.15, 0.2) is 36.4 Å². The predicted octanol–water partition coefficient (Wildman–Crippen LogP) is 7.05. The molecule has 1 aliphatic carbocycles. The van der Waals surface area contributed by atoms with E-state index in [0.29, 0.717) is 23.0 Å². The molecule has 1 amide bonds. The van der Waals surface area contributed by atoms with Crippen molar-refractivity contribution in [2.45, 2.75) is 77.1 Å². The minimum Gasteiger partial charge on any atom is -0.406 e. The third kappa shape index (κ3) is 4.69. The van der Waals surface area contributed by atoms with Gasteiger partial charge in [0.1, 0.15) is 11.8 Å². The van der Waals surface area contributed by atoms with Crippen LogP contribution in [0, 0.1) is 6.92 Å². The van der Waals surface area contributed by atoms with E-state index in [2.05, 4.69) is 38.5 Å². The summed E-state index contributed by atoms with van der Waals surface area (Å²) < 4.78 is 41.9. The maximum Gasteiger partial charge on any atom is 0.573 e. The molecule has 1 fully saturated rings. The number of halogens is 3. The summed E-state index contributed by atoms with van der Waals surface area (Å²) in [6, 6.07) is 8.91. The molecule has 8 heteroatoms. The van der Waals surface area contributed by atoms with Crippen molar-refractivity contribution in [1.82, 2.24) is 0 Å². The maximum atomic E-state index is 12.9. The Labute approximate surface area is 201 Å². The normalized spacial score (nSPS) is 21.5. The number of fused-ring (bicyclic) bond motifs is 1. The molecule has 2 aromatic rings. The van der Waals surface area contributed by atoms with Crippen LogP contribution in [0.25, 0.3) is 0 Å². The van der Waals surface area contributed by atoms with Gasteiger partial charge in [0.25, 0.3) is 5.24 Å². The minimum atomic E-state index is -4.81. The largest absolute Gasteiger partial charge is 0.573 e. The van der Waals surface area contributed by atoms with E-state index in [0.717, 1.165) is 18.4 Å². The van der Waals surface area contributed by atoms with Gasteiger partial charge in [-0.2, -0.15) is 0 Å². The number of carbonyl (C=O) groups is 2. The highest BCUT2D eigenvalue weighted by molar-refractivity contribution is 8.27. The second kappa shape index (κ2) is 8.33. The van der Waals surface area contributed by atoms with Crippen molar-refractivity contribution >= 4 is 27.8 Å². The zero-order valence-corrected chi connectivity index (χ0v) is 20.7. The molecule has 34 heavy (non-hydrogen) atoms. The number of alkyl halides is 3. The second-order valence-electron chi connectivity index (χ2n) is 10.4. The second-order valence-corrected chi connectivity index (χ2v) is 11.4. The lowest BCUT2D eigenvalue weighted by Gasteiger charge is -2.43. The molecule has 2 aliphatic rings. The van der Waals surface area contributed by atoms with Crippen molar-refractivity contribution in [3.8, 4) is 5.75 Å². The van der Waals surface area contributed by atoms with Gasteiger partial charge in [0.05, 0.1) is 0 Å². The van der Waals surface area contributed by atoms with E-state index < -0.39 is 12.4 Å². The predicted molar refractivity (Wildman–Crippen MR) is 128 cm³/mol. The first-order valence-electron chi connectivity index (χ1n) is 11.2. The van der Waals surface area contributed by atoms with E-state index in [1.54, 1.807) is 6.07 Å². The third-order valence-electron chi connectivity index (χ3n) is 6.96. The van der Waals surface area contributed by atoms with Crippen molar-refractivity contribution < 1.29 is 27.5 Å². The quantitative estimate of drug-likeness (QED) is 0.460. The first-order valence-corrected chi connectivity index (χ1v) is 12.0. The van der Waals surface area contributed by atoms with Crippen LogP contribution >= 0.6 is 11.8 Å². The summed E-state index contributed by atoms with van der Waals surface area (Å²) in [7, 11) is 0. The number of aryl methyl sites for hydroxylation is 1. The number of carbonyl (C=O) groups excluding carboxylic acids is 2. The van der Waals surface area contributed by atoms with Gasteiger partial charge in [-0.25, -0.2) is 0 Å². The summed E-state index contributed by atoms with van der Waals surface area (Å²) in [6.45, 7) is 10.8. The summed E-state index contributed by atoms with van der Waals surface area (Å²) in [6.07, 6.45) is -2.65. The number of amides is 1. The maximum absolute atomic E-state index is 12.9. The molecule has 4 nitrogen and oxygen atoms in total. The highest BCUT2D eigenvalue weighted by Gasteiger charge is 2.43. The Kier molecular flexibility index (Phi) is 6.03. The Hall–Kier alpha value is -2.48. The fourth-order valence-corrected chi connectivity index (χ4v) is 5.76. The topological polar surface area (TPSA) is 46.6 Å². The number of hydrogen-bond donors (Lipinski definition) is 0. The van der Waals surface area contributed by atoms with Gasteiger partial charge in [-0.15, -0.1) is 13.2 Å². The standard InChI is InChI=1S/C26H28F3NO3S/c1-15-11-18-19(25(4,5)10-9-24(18,2)3)14-20(15)30-21(22(31)34-23(30)32)13-16-7-6-8-17(12-16)33-26(27,28)29/h6-8,11-12,14,21H,9-10,13H2,1-5H3. The van der Waals surface area contributed by atoms with Crippen LogP contribution in [0.5, 0.6) is 5.75 Å². The molecule has 0 bridgehead atoms.